The first kappa shape index (κ1) is 13.5. The normalized spacial score (nSPS) is 19.4. The SMILES string of the molecule is Cc1nc2c(cc1C#N)C(O)(C(F)F)Oc1ccccc1-2. The Morgan fingerprint density at radius 2 is 2.10 bits per heavy atom. The van der Waals surface area contributed by atoms with E-state index in [0.29, 0.717) is 11.3 Å². The zero-order valence-corrected chi connectivity index (χ0v) is 11.0. The molecule has 1 aliphatic heterocycles. The van der Waals surface area contributed by atoms with Gasteiger partial charge in [-0.05, 0) is 25.1 Å². The first-order chi connectivity index (χ1) is 9.97. The van der Waals surface area contributed by atoms with Crippen molar-refractivity contribution in [1.82, 2.24) is 4.98 Å². The average molecular weight is 288 g/mol. The maximum atomic E-state index is 13.3. The Hall–Kier alpha value is -2.52. The lowest BCUT2D eigenvalue weighted by atomic mass is 9.93. The van der Waals surface area contributed by atoms with Crippen molar-refractivity contribution in [3.05, 3.63) is 47.2 Å². The Morgan fingerprint density at radius 3 is 2.76 bits per heavy atom. The highest BCUT2D eigenvalue weighted by atomic mass is 19.3. The van der Waals surface area contributed by atoms with Crippen LogP contribution in [0.15, 0.2) is 30.3 Å². The molecule has 1 aromatic heterocycles. The lowest BCUT2D eigenvalue weighted by molar-refractivity contribution is -0.230. The van der Waals surface area contributed by atoms with Gasteiger partial charge in [-0.2, -0.15) is 5.26 Å². The minimum Gasteiger partial charge on any atom is -0.451 e. The molecule has 2 heterocycles. The molecule has 0 aliphatic carbocycles. The number of hydrogen-bond donors (Lipinski definition) is 1. The number of nitriles is 1. The number of alkyl halides is 2. The molecular weight excluding hydrogens is 278 g/mol. The van der Waals surface area contributed by atoms with Gasteiger partial charge in [0.25, 0.3) is 5.79 Å². The Kier molecular flexibility index (Phi) is 2.88. The van der Waals surface area contributed by atoms with Crippen LogP contribution >= 0.6 is 0 Å². The van der Waals surface area contributed by atoms with Gasteiger partial charge in [-0.15, -0.1) is 0 Å². The third kappa shape index (κ3) is 1.86. The number of para-hydroxylation sites is 1. The summed E-state index contributed by atoms with van der Waals surface area (Å²) in [5.41, 5.74) is 1.04. The largest absolute Gasteiger partial charge is 0.451 e. The summed E-state index contributed by atoms with van der Waals surface area (Å²) in [5, 5.41) is 19.3. The number of benzene rings is 1. The van der Waals surface area contributed by atoms with Gasteiger partial charge in [-0.1, -0.05) is 12.1 Å². The Balaban J connectivity index is 2.36. The molecule has 0 fully saturated rings. The highest BCUT2D eigenvalue weighted by molar-refractivity contribution is 5.74. The van der Waals surface area contributed by atoms with Gasteiger partial charge < -0.3 is 9.84 Å². The van der Waals surface area contributed by atoms with Crippen molar-refractivity contribution < 1.29 is 18.6 Å². The molecule has 1 N–H and O–H groups in total. The fourth-order valence-electron chi connectivity index (χ4n) is 2.33. The Labute approximate surface area is 119 Å². The fourth-order valence-corrected chi connectivity index (χ4v) is 2.33. The zero-order chi connectivity index (χ0) is 15.2. The van der Waals surface area contributed by atoms with Crippen molar-refractivity contribution >= 4 is 0 Å². The first-order valence-corrected chi connectivity index (χ1v) is 6.18. The fraction of sp³-hybridized carbons (Fsp3) is 0.200. The van der Waals surface area contributed by atoms with Gasteiger partial charge in [0.15, 0.2) is 0 Å². The third-order valence-corrected chi connectivity index (χ3v) is 3.42. The van der Waals surface area contributed by atoms with Gasteiger partial charge in [0.2, 0.25) is 0 Å². The molecule has 0 saturated carbocycles. The van der Waals surface area contributed by atoms with E-state index < -0.39 is 12.2 Å². The summed E-state index contributed by atoms with van der Waals surface area (Å²) in [7, 11) is 0. The highest BCUT2D eigenvalue weighted by Crippen LogP contribution is 2.45. The van der Waals surface area contributed by atoms with Gasteiger partial charge in [0.1, 0.15) is 11.8 Å². The molecule has 1 aromatic carbocycles. The van der Waals surface area contributed by atoms with Crippen LogP contribution in [0.4, 0.5) is 8.78 Å². The molecule has 0 saturated heterocycles. The van der Waals surface area contributed by atoms with Crippen LogP contribution in [-0.4, -0.2) is 16.5 Å². The van der Waals surface area contributed by atoms with Crippen molar-refractivity contribution in [3.63, 3.8) is 0 Å². The smallest absolute Gasteiger partial charge is 0.307 e. The van der Waals surface area contributed by atoms with E-state index in [1.165, 1.54) is 12.1 Å². The van der Waals surface area contributed by atoms with Crippen LogP contribution in [-0.2, 0) is 5.79 Å². The number of rotatable bonds is 1. The number of halogens is 2. The number of aryl methyl sites for hydroxylation is 1. The average Bonchev–Trinajstić information content (AvgIpc) is 2.46. The van der Waals surface area contributed by atoms with Crippen molar-refractivity contribution in [2.45, 2.75) is 19.1 Å². The molecule has 106 valence electrons. The Bertz CT molecular complexity index is 771. The van der Waals surface area contributed by atoms with Crippen LogP contribution in [0, 0.1) is 18.3 Å². The minimum absolute atomic E-state index is 0.121. The molecule has 1 atom stereocenters. The van der Waals surface area contributed by atoms with Crippen molar-refractivity contribution in [1.29, 1.82) is 5.26 Å². The predicted molar refractivity (Wildman–Crippen MR) is 69.7 cm³/mol. The minimum atomic E-state index is -3.18. The van der Waals surface area contributed by atoms with Crippen molar-refractivity contribution in [2.24, 2.45) is 0 Å². The molecule has 1 unspecified atom stereocenters. The number of pyridine rings is 1. The van der Waals surface area contributed by atoms with E-state index in [1.54, 1.807) is 25.1 Å². The van der Waals surface area contributed by atoms with Crippen LogP contribution in [0.5, 0.6) is 5.75 Å². The van der Waals surface area contributed by atoms with Gasteiger partial charge in [-0.25, -0.2) is 8.78 Å². The van der Waals surface area contributed by atoms with Crippen LogP contribution in [0.2, 0.25) is 0 Å². The van der Waals surface area contributed by atoms with Crippen molar-refractivity contribution in [2.75, 3.05) is 0 Å². The van der Waals surface area contributed by atoms with Crippen LogP contribution in [0.25, 0.3) is 11.3 Å². The molecule has 0 amide bonds. The number of aromatic nitrogens is 1. The number of ether oxygens (including phenoxy) is 1. The molecule has 2 aromatic rings. The molecule has 0 spiro atoms. The second-order valence-corrected chi connectivity index (χ2v) is 4.72. The van der Waals surface area contributed by atoms with E-state index in [2.05, 4.69) is 4.98 Å². The standard InChI is InChI=1S/C15H10F2N2O2/c1-8-9(7-18)6-11-13(19-8)10-4-2-3-5-12(10)21-15(11,20)14(16)17/h2-6,14,20H,1H3. The van der Waals surface area contributed by atoms with Crippen molar-refractivity contribution in [3.8, 4) is 23.1 Å². The maximum absolute atomic E-state index is 13.3. The van der Waals surface area contributed by atoms with E-state index in [-0.39, 0.29) is 22.6 Å². The summed E-state index contributed by atoms with van der Waals surface area (Å²) in [6.07, 6.45) is -3.18. The second-order valence-electron chi connectivity index (χ2n) is 4.72. The lowest BCUT2D eigenvalue weighted by Crippen LogP contribution is -2.43. The first-order valence-electron chi connectivity index (χ1n) is 6.18. The number of hydrogen-bond acceptors (Lipinski definition) is 4. The van der Waals surface area contributed by atoms with Crippen LogP contribution in [0.3, 0.4) is 0 Å². The third-order valence-electron chi connectivity index (χ3n) is 3.42. The summed E-state index contributed by atoms with van der Waals surface area (Å²) < 4.78 is 31.8. The molecular formula is C15H10F2N2O2. The molecule has 4 nitrogen and oxygen atoms in total. The van der Waals surface area contributed by atoms with E-state index in [0.717, 1.165) is 0 Å². The number of aliphatic hydroxyl groups is 1. The predicted octanol–water partition coefficient (Wildman–Crippen LogP) is 2.73. The second kappa shape index (κ2) is 4.50. The Morgan fingerprint density at radius 1 is 1.38 bits per heavy atom. The maximum Gasteiger partial charge on any atom is 0.307 e. The summed E-state index contributed by atoms with van der Waals surface area (Å²) >= 11 is 0. The molecule has 0 bridgehead atoms. The van der Waals surface area contributed by atoms with E-state index in [4.69, 9.17) is 10.00 Å². The van der Waals surface area contributed by atoms with E-state index in [9.17, 15) is 13.9 Å². The summed E-state index contributed by atoms with van der Waals surface area (Å²) in [6, 6.07) is 9.56. The van der Waals surface area contributed by atoms with Gasteiger partial charge in [-0.3, -0.25) is 4.98 Å². The molecule has 0 radical (unpaired) electrons. The van der Waals surface area contributed by atoms with E-state index >= 15 is 0 Å². The highest BCUT2D eigenvalue weighted by Gasteiger charge is 2.48. The van der Waals surface area contributed by atoms with Gasteiger partial charge in [0, 0.05) is 5.56 Å². The van der Waals surface area contributed by atoms with Gasteiger partial charge >= 0.3 is 6.43 Å². The quantitative estimate of drug-likeness (QED) is 0.876. The molecule has 3 rings (SSSR count). The zero-order valence-electron chi connectivity index (χ0n) is 11.0. The summed E-state index contributed by atoms with van der Waals surface area (Å²) in [5.74, 6) is -2.68. The molecule has 21 heavy (non-hydrogen) atoms. The molecule has 6 heteroatoms. The topological polar surface area (TPSA) is 66.1 Å². The monoisotopic (exact) mass is 288 g/mol. The van der Waals surface area contributed by atoms with Crippen LogP contribution < -0.4 is 4.74 Å². The number of fused-ring (bicyclic) bond motifs is 3. The summed E-state index contributed by atoms with van der Waals surface area (Å²) in [6.45, 7) is 1.61. The van der Waals surface area contributed by atoms with E-state index in [1.807, 2.05) is 6.07 Å². The van der Waals surface area contributed by atoms with Gasteiger partial charge in [0.05, 0.1) is 22.5 Å². The molecule has 1 aliphatic rings. The lowest BCUT2D eigenvalue weighted by Gasteiger charge is -2.34. The number of nitrogens with zero attached hydrogens (tertiary/aromatic N) is 2. The summed E-state index contributed by atoms with van der Waals surface area (Å²) in [4.78, 5) is 4.21. The van der Waals surface area contributed by atoms with Crippen LogP contribution in [0.1, 0.15) is 16.8 Å².